The third-order valence-electron chi connectivity index (χ3n) is 2.46. The van der Waals surface area contributed by atoms with Gasteiger partial charge in [0.05, 0.1) is 13.2 Å². The van der Waals surface area contributed by atoms with Crippen LogP contribution in [0.4, 0.5) is 5.82 Å². The lowest BCUT2D eigenvalue weighted by Crippen LogP contribution is -2.11. The number of rotatable bonds is 4. The van der Waals surface area contributed by atoms with Gasteiger partial charge in [-0.25, -0.2) is 9.78 Å². The molecule has 1 aromatic rings. The van der Waals surface area contributed by atoms with Crippen LogP contribution in [0.25, 0.3) is 0 Å². The largest absolute Gasteiger partial charge is 0.464 e. The van der Waals surface area contributed by atoms with Gasteiger partial charge in [-0.2, -0.15) is 0 Å². The zero-order valence-corrected chi connectivity index (χ0v) is 9.86. The fourth-order valence-electron chi connectivity index (χ4n) is 1.55. The zero-order chi connectivity index (χ0) is 12.3. The number of carbonyl (C=O) groups is 1. The number of carbonyl (C=O) groups excluding carboxylic acids is 1. The van der Waals surface area contributed by atoms with Crippen LogP contribution in [0.1, 0.15) is 36.2 Å². The quantitative estimate of drug-likeness (QED) is 0.621. The molecule has 0 aliphatic heterocycles. The molecule has 1 atom stereocenters. The Morgan fingerprint density at radius 3 is 2.81 bits per heavy atom. The molecule has 0 aliphatic carbocycles. The molecule has 0 radical (unpaired) electrons. The number of ether oxygens (including phenoxy) is 1. The van der Waals surface area contributed by atoms with E-state index in [4.69, 9.17) is 5.73 Å². The average molecular weight is 223 g/mol. The van der Waals surface area contributed by atoms with Gasteiger partial charge in [0.15, 0.2) is 5.69 Å². The van der Waals surface area contributed by atoms with E-state index >= 15 is 0 Å². The lowest BCUT2D eigenvalue weighted by molar-refractivity contribution is 0.0595. The summed E-state index contributed by atoms with van der Waals surface area (Å²) in [6.45, 7) is 7.60. The summed E-state index contributed by atoms with van der Waals surface area (Å²) >= 11 is 0. The number of esters is 1. The van der Waals surface area contributed by atoms with Gasteiger partial charge in [-0.3, -0.25) is 0 Å². The highest BCUT2D eigenvalue weighted by molar-refractivity contribution is 5.92. The van der Waals surface area contributed by atoms with E-state index in [0.717, 1.165) is 5.82 Å². The molecule has 0 aliphatic rings. The Hall–Kier alpha value is -1.78. The van der Waals surface area contributed by atoms with Crippen molar-refractivity contribution in [2.75, 3.05) is 12.8 Å². The van der Waals surface area contributed by atoms with E-state index in [9.17, 15) is 4.79 Å². The summed E-state index contributed by atoms with van der Waals surface area (Å²) in [5, 5.41) is 0. The molecule has 0 saturated carbocycles. The number of imidazole rings is 1. The van der Waals surface area contributed by atoms with Crippen LogP contribution in [-0.4, -0.2) is 22.6 Å². The van der Waals surface area contributed by atoms with Gasteiger partial charge < -0.3 is 15.0 Å². The maximum Gasteiger partial charge on any atom is 0.360 e. The third-order valence-corrected chi connectivity index (χ3v) is 2.46. The highest BCUT2D eigenvalue weighted by Gasteiger charge is 2.21. The monoisotopic (exact) mass is 223 g/mol. The molecule has 16 heavy (non-hydrogen) atoms. The van der Waals surface area contributed by atoms with E-state index in [-0.39, 0.29) is 11.7 Å². The molecule has 1 heterocycles. The first-order valence-corrected chi connectivity index (χ1v) is 5.14. The molecule has 0 amide bonds. The summed E-state index contributed by atoms with van der Waals surface area (Å²) < 4.78 is 6.41. The van der Waals surface area contributed by atoms with Gasteiger partial charge in [0, 0.05) is 6.42 Å². The minimum Gasteiger partial charge on any atom is -0.464 e. The molecule has 1 aromatic heterocycles. The lowest BCUT2D eigenvalue weighted by Gasteiger charge is -2.13. The number of nitrogens with zero attached hydrogens (tertiary/aromatic N) is 2. The van der Waals surface area contributed by atoms with E-state index in [1.165, 1.54) is 7.11 Å². The summed E-state index contributed by atoms with van der Waals surface area (Å²) in [6, 6.07) is 0.000793. The highest BCUT2D eigenvalue weighted by Crippen LogP contribution is 2.22. The predicted octanol–water partition coefficient (Wildman–Crippen LogP) is 1.56. The predicted molar refractivity (Wildman–Crippen MR) is 62.3 cm³/mol. The molecule has 1 rings (SSSR count). The normalized spacial score (nSPS) is 12.2. The smallest absolute Gasteiger partial charge is 0.360 e. The number of nitrogen functional groups attached to an aromatic ring is 1. The third kappa shape index (κ3) is 1.93. The molecular weight excluding hydrogens is 206 g/mol. The Kier molecular flexibility index (Phi) is 3.71. The van der Waals surface area contributed by atoms with Crippen molar-refractivity contribution < 1.29 is 9.53 Å². The van der Waals surface area contributed by atoms with E-state index < -0.39 is 5.97 Å². The molecular formula is C11H17N3O2. The zero-order valence-electron chi connectivity index (χ0n) is 9.86. The fraction of sp³-hybridized carbons (Fsp3) is 0.455. The Bertz CT molecular complexity index is 410. The molecule has 0 bridgehead atoms. The lowest BCUT2D eigenvalue weighted by atomic mass is 10.3. The molecule has 5 heteroatoms. The first-order valence-electron chi connectivity index (χ1n) is 5.14. The first kappa shape index (κ1) is 12.3. The minimum absolute atomic E-state index is 0.000793. The van der Waals surface area contributed by atoms with Crippen LogP contribution in [0.5, 0.6) is 0 Å². The summed E-state index contributed by atoms with van der Waals surface area (Å²) in [4.78, 5) is 15.6. The van der Waals surface area contributed by atoms with Gasteiger partial charge in [-0.05, 0) is 6.92 Å². The first-order chi connectivity index (χ1) is 7.56. The van der Waals surface area contributed by atoms with Crippen LogP contribution in [0.2, 0.25) is 0 Å². The van der Waals surface area contributed by atoms with Crippen molar-refractivity contribution in [3.8, 4) is 0 Å². The van der Waals surface area contributed by atoms with Gasteiger partial charge in [0.1, 0.15) is 11.6 Å². The number of aryl methyl sites for hydroxylation is 1. The summed E-state index contributed by atoms with van der Waals surface area (Å²) in [7, 11) is 1.31. The Morgan fingerprint density at radius 2 is 2.38 bits per heavy atom. The Morgan fingerprint density at radius 1 is 1.75 bits per heavy atom. The van der Waals surface area contributed by atoms with Crippen LogP contribution >= 0.6 is 0 Å². The minimum atomic E-state index is -0.512. The molecule has 2 N–H and O–H groups in total. The van der Waals surface area contributed by atoms with Crippen molar-refractivity contribution in [3.63, 3.8) is 0 Å². The number of nitrogens with two attached hydrogens (primary N) is 1. The number of anilines is 1. The number of hydrogen-bond donors (Lipinski definition) is 1. The van der Waals surface area contributed by atoms with E-state index in [2.05, 4.69) is 16.3 Å². The van der Waals surface area contributed by atoms with Crippen LogP contribution in [0.15, 0.2) is 12.7 Å². The van der Waals surface area contributed by atoms with Crippen LogP contribution in [0.3, 0.4) is 0 Å². The molecule has 0 saturated heterocycles. The molecule has 0 aromatic carbocycles. The second kappa shape index (κ2) is 4.83. The van der Waals surface area contributed by atoms with Crippen molar-refractivity contribution in [2.24, 2.45) is 0 Å². The molecule has 1 unspecified atom stereocenters. The molecule has 5 nitrogen and oxygen atoms in total. The van der Waals surface area contributed by atoms with Gasteiger partial charge in [-0.1, -0.05) is 13.0 Å². The summed E-state index contributed by atoms with van der Waals surface area (Å²) in [5.74, 6) is 0.573. The maximum absolute atomic E-state index is 11.4. The van der Waals surface area contributed by atoms with Crippen molar-refractivity contribution in [2.45, 2.75) is 26.3 Å². The fourth-order valence-corrected chi connectivity index (χ4v) is 1.55. The Balaban J connectivity index is 3.31. The van der Waals surface area contributed by atoms with Gasteiger partial charge in [-0.15, -0.1) is 6.58 Å². The van der Waals surface area contributed by atoms with Crippen molar-refractivity contribution in [1.29, 1.82) is 0 Å². The summed E-state index contributed by atoms with van der Waals surface area (Å²) in [6.07, 6.45) is 2.44. The van der Waals surface area contributed by atoms with E-state index in [1.807, 2.05) is 13.8 Å². The molecule has 0 fully saturated rings. The van der Waals surface area contributed by atoms with Gasteiger partial charge in [0.25, 0.3) is 0 Å². The molecule has 0 spiro atoms. The van der Waals surface area contributed by atoms with Gasteiger partial charge >= 0.3 is 5.97 Å². The van der Waals surface area contributed by atoms with E-state index in [0.29, 0.717) is 12.2 Å². The number of methoxy groups -OCH3 is 1. The number of allylic oxidation sites excluding steroid dienone is 1. The van der Waals surface area contributed by atoms with Crippen molar-refractivity contribution >= 4 is 11.8 Å². The van der Waals surface area contributed by atoms with Crippen LogP contribution in [-0.2, 0) is 11.2 Å². The highest BCUT2D eigenvalue weighted by atomic mass is 16.5. The average Bonchev–Trinajstić information content (AvgIpc) is 2.64. The Labute approximate surface area is 94.9 Å². The van der Waals surface area contributed by atoms with Crippen molar-refractivity contribution in [3.05, 3.63) is 24.2 Å². The SMILES string of the molecule is C=CC(C)n1c(CC)nc(C(=O)OC)c1N. The van der Waals surface area contributed by atoms with E-state index in [1.54, 1.807) is 10.6 Å². The van der Waals surface area contributed by atoms with Crippen molar-refractivity contribution in [1.82, 2.24) is 9.55 Å². The second-order valence-electron chi connectivity index (χ2n) is 3.45. The standard InChI is InChI=1S/C11H17N3O2/c1-5-7(3)14-8(6-2)13-9(10(14)12)11(15)16-4/h5,7H,1,6,12H2,2-4H3. The van der Waals surface area contributed by atoms with Gasteiger partial charge in [0.2, 0.25) is 0 Å². The number of aromatic nitrogens is 2. The number of hydrogen-bond acceptors (Lipinski definition) is 4. The maximum atomic E-state index is 11.4. The van der Waals surface area contributed by atoms with Crippen LogP contribution in [0, 0.1) is 0 Å². The van der Waals surface area contributed by atoms with Crippen LogP contribution < -0.4 is 5.73 Å². The second-order valence-corrected chi connectivity index (χ2v) is 3.45. The summed E-state index contributed by atoms with van der Waals surface area (Å²) in [5.41, 5.74) is 6.06. The molecule has 88 valence electrons. The topological polar surface area (TPSA) is 70.1 Å².